The average molecular weight is 264 g/mol. The van der Waals surface area contributed by atoms with E-state index >= 15 is 0 Å². The van der Waals surface area contributed by atoms with Crippen LogP contribution >= 0.6 is 7.82 Å². The molecule has 0 aromatic heterocycles. The lowest BCUT2D eigenvalue weighted by Gasteiger charge is -2.05. The van der Waals surface area contributed by atoms with Crippen LogP contribution in [-0.2, 0) is 9.36 Å². The van der Waals surface area contributed by atoms with Gasteiger partial charge in [0.15, 0.2) is 0 Å². The molecule has 0 amide bonds. The number of carboxylic acid groups (broad SMARTS) is 1. The van der Waals surface area contributed by atoms with Gasteiger partial charge in [-0.1, -0.05) is 12.1 Å². The highest BCUT2D eigenvalue weighted by Gasteiger charge is 2.13. The monoisotopic (exact) mass is 264 g/mol. The number of carboxylic acids is 1. The van der Waals surface area contributed by atoms with Crippen molar-refractivity contribution in [2.24, 2.45) is 0 Å². The van der Waals surface area contributed by atoms with Crippen LogP contribution in [0.3, 0.4) is 0 Å². The molecule has 0 heterocycles. The van der Waals surface area contributed by atoms with E-state index in [1.165, 1.54) is 12.1 Å². The second kappa shape index (κ2) is 6.36. The van der Waals surface area contributed by atoms with Crippen molar-refractivity contribution >= 4 is 13.8 Å². The van der Waals surface area contributed by atoms with Crippen LogP contribution in [0.15, 0.2) is 24.3 Å². The number of rotatable bonds is 2. The summed E-state index contributed by atoms with van der Waals surface area (Å²) >= 11 is 0. The first-order valence-corrected chi connectivity index (χ1v) is 5.98. The summed E-state index contributed by atoms with van der Waals surface area (Å²) in [6.45, 7) is 1.58. The van der Waals surface area contributed by atoms with Crippen molar-refractivity contribution in [3.8, 4) is 5.75 Å². The smallest absolute Gasteiger partial charge is 0.466 e. The highest BCUT2D eigenvalue weighted by Crippen LogP contribution is 2.25. The Kier molecular flexibility index (Phi) is 5.84. The predicted octanol–water partition coefficient (Wildman–Crippen LogP) is 0.652. The van der Waals surface area contributed by atoms with E-state index in [0.29, 0.717) is 5.56 Å². The summed E-state index contributed by atoms with van der Waals surface area (Å²) in [7, 11) is -4.64. The molecule has 1 aromatic rings. The Hall–Kier alpha value is -1.40. The molecule has 1 atom stereocenters. The fourth-order valence-corrected chi connectivity index (χ4v) is 0.937. The molecule has 96 valence electrons. The molecule has 0 aliphatic rings. The Morgan fingerprint density at radius 2 is 1.76 bits per heavy atom. The SMILES string of the molecule is CC(C(=O)O)c1cccc(O)c1.O=P(O)(O)O. The van der Waals surface area contributed by atoms with Gasteiger partial charge in [0, 0.05) is 0 Å². The van der Waals surface area contributed by atoms with Crippen LogP contribution in [0, 0.1) is 0 Å². The Balaban J connectivity index is 0.000000437. The summed E-state index contributed by atoms with van der Waals surface area (Å²) in [5.41, 5.74) is 0.613. The topological polar surface area (TPSA) is 135 Å². The van der Waals surface area contributed by atoms with Crippen LogP contribution in [-0.4, -0.2) is 30.9 Å². The molecule has 7 nitrogen and oxygen atoms in total. The summed E-state index contributed by atoms with van der Waals surface area (Å²) in [4.78, 5) is 32.1. The lowest BCUT2D eigenvalue weighted by atomic mass is 10.0. The second-order valence-corrected chi connectivity index (χ2v) is 4.19. The van der Waals surface area contributed by atoms with Crippen molar-refractivity contribution in [1.29, 1.82) is 0 Å². The molecule has 0 saturated carbocycles. The minimum absolute atomic E-state index is 0.0978. The van der Waals surface area contributed by atoms with Gasteiger partial charge >= 0.3 is 13.8 Å². The summed E-state index contributed by atoms with van der Waals surface area (Å²) in [6, 6.07) is 6.28. The Morgan fingerprint density at radius 3 is 2.12 bits per heavy atom. The number of aliphatic carboxylic acids is 1. The van der Waals surface area contributed by atoms with Crippen molar-refractivity contribution in [3.05, 3.63) is 29.8 Å². The standard InChI is InChI=1S/C9H10O3.H3O4P/c1-6(9(11)12)7-3-2-4-8(10)5-7;1-5(2,3)4/h2-6,10H,1H3,(H,11,12);(H3,1,2,3,4). The first-order valence-electron chi connectivity index (χ1n) is 4.41. The van der Waals surface area contributed by atoms with E-state index in [1.807, 2.05) is 0 Å². The van der Waals surface area contributed by atoms with Crippen molar-refractivity contribution in [1.82, 2.24) is 0 Å². The maximum Gasteiger partial charge on any atom is 0.466 e. The normalized spacial score (nSPS) is 12.2. The number of hydrogen-bond acceptors (Lipinski definition) is 3. The Bertz CT molecular complexity index is 417. The van der Waals surface area contributed by atoms with E-state index in [1.54, 1.807) is 19.1 Å². The highest BCUT2D eigenvalue weighted by molar-refractivity contribution is 7.45. The molecule has 0 saturated heterocycles. The van der Waals surface area contributed by atoms with Gasteiger partial charge < -0.3 is 24.9 Å². The number of aromatic hydroxyl groups is 1. The van der Waals surface area contributed by atoms with Gasteiger partial charge in [-0.15, -0.1) is 0 Å². The highest BCUT2D eigenvalue weighted by atomic mass is 31.2. The van der Waals surface area contributed by atoms with E-state index in [2.05, 4.69) is 0 Å². The number of hydrogen-bond donors (Lipinski definition) is 5. The third-order valence-electron chi connectivity index (χ3n) is 1.74. The van der Waals surface area contributed by atoms with Gasteiger partial charge in [0.2, 0.25) is 0 Å². The number of phenolic OH excluding ortho intramolecular Hbond substituents is 1. The molecule has 0 radical (unpaired) electrons. The maximum absolute atomic E-state index is 10.5. The molecule has 17 heavy (non-hydrogen) atoms. The summed E-state index contributed by atoms with van der Waals surface area (Å²) < 4.78 is 8.88. The van der Waals surface area contributed by atoms with Gasteiger partial charge in [-0.3, -0.25) is 4.79 Å². The zero-order valence-electron chi connectivity index (χ0n) is 8.89. The molecule has 1 unspecified atom stereocenters. The van der Waals surface area contributed by atoms with Crippen LogP contribution in [0.25, 0.3) is 0 Å². The Labute approximate surface area is 97.2 Å². The van der Waals surface area contributed by atoms with Crippen LogP contribution in [0.5, 0.6) is 5.75 Å². The fraction of sp³-hybridized carbons (Fsp3) is 0.222. The largest absolute Gasteiger partial charge is 0.508 e. The van der Waals surface area contributed by atoms with Gasteiger partial charge in [0.05, 0.1) is 5.92 Å². The van der Waals surface area contributed by atoms with E-state index in [-0.39, 0.29) is 5.75 Å². The lowest BCUT2D eigenvalue weighted by Crippen LogP contribution is -2.06. The molecule has 0 aliphatic heterocycles. The van der Waals surface area contributed by atoms with Gasteiger partial charge in [-0.05, 0) is 24.6 Å². The predicted molar refractivity (Wildman–Crippen MR) is 58.4 cm³/mol. The molecular weight excluding hydrogens is 251 g/mol. The molecule has 8 heteroatoms. The second-order valence-electron chi connectivity index (χ2n) is 3.17. The number of carbonyl (C=O) groups is 1. The fourth-order valence-electron chi connectivity index (χ4n) is 0.937. The van der Waals surface area contributed by atoms with Gasteiger partial charge in [0.25, 0.3) is 0 Å². The molecule has 1 rings (SSSR count). The van der Waals surface area contributed by atoms with E-state index in [0.717, 1.165) is 0 Å². The first-order chi connectivity index (χ1) is 7.61. The van der Waals surface area contributed by atoms with Gasteiger partial charge in [0.1, 0.15) is 5.75 Å². The van der Waals surface area contributed by atoms with E-state index in [9.17, 15) is 4.79 Å². The summed E-state index contributed by atoms with van der Waals surface area (Å²) in [5, 5.41) is 17.7. The van der Waals surface area contributed by atoms with Gasteiger partial charge in [-0.2, -0.15) is 0 Å². The molecule has 5 N–H and O–H groups in total. The summed E-state index contributed by atoms with van der Waals surface area (Å²) in [5.74, 6) is -1.36. The van der Waals surface area contributed by atoms with Crippen LogP contribution < -0.4 is 0 Å². The average Bonchev–Trinajstić information content (AvgIpc) is 2.13. The molecule has 0 bridgehead atoms. The zero-order valence-corrected chi connectivity index (χ0v) is 9.78. The van der Waals surface area contributed by atoms with Crippen LogP contribution in [0.1, 0.15) is 18.4 Å². The first kappa shape index (κ1) is 15.6. The zero-order chi connectivity index (χ0) is 13.6. The number of phosphoric acid groups is 1. The molecule has 1 aromatic carbocycles. The molecule has 0 spiro atoms. The van der Waals surface area contributed by atoms with Crippen molar-refractivity contribution in [2.45, 2.75) is 12.8 Å². The van der Waals surface area contributed by atoms with E-state index in [4.69, 9.17) is 29.5 Å². The van der Waals surface area contributed by atoms with E-state index < -0.39 is 19.7 Å². The lowest BCUT2D eigenvalue weighted by molar-refractivity contribution is -0.138. The van der Waals surface area contributed by atoms with Crippen LogP contribution in [0.2, 0.25) is 0 Å². The maximum atomic E-state index is 10.5. The minimum Gasteiger partial charge on any atom is -0.508 e. The summed E-state index contributed by atoms with van der Waals surface area (Å²) in [6.07, 6.45) is 0. The molecule has 0 fully saturated rings. The minimum atomic E-state index is -4.64. The van der Waals surface area contributed by atoms with Crippen molar-refractivity contribution in [3.63, 3.8) is 0 Å². The third-order valence-corrected chi connectivity index (χ3v) is 1.74. The number of phenols is 1. The Morgan fingerprint density at radius 1 is 1.29 bits per heavy atom. The van der Waals surface area contributed by atoms with Gasteiger partial charge in [-0.25, -0.2) is 4.57 Å². The number of benzene rings is 1. The van der Waals surface area contributed by atoms with Crippen LogP contribution in [0.4, 0.5) is 0 Å². The quantitative estimate of drug-likeness (QED) is 0.495. The third kappa shape index (κ3) is 8.41. The van der Waals surface area contributed by atoms with Crippen molar-refractivity contribution in [2.75, 3.05) is 0 Å². The molecule has 0 aliphatic carbocycles. The van der Waals surface area contributed by atoms with Crippen molar-refractivity contribution < 1.29 is 34.3 Å². The molecular formula is C9H13O7P.